The predicted molar refractivity (Wildman–Crippen MR) is 98.5 cm³/mol. The van der Waals surface area contributed by atoms with Crippen LogP contribution in [0.15, 0.2) is 53.4 Å². The maximum absolute atomic E-state index is 12.8. The quantitative estimate of drug-likeness (QED) is 0.860. The Labute approximate surface area is 149 Å². The van der Waals surface area contributed by atoms with Crippen LogP contribution in [0.25, 0.3) is 0 Å². The Kier molecular flexibility index (Phi) is 5.42. The number of aryl methyl sites for hydroxylation is 1. The second kappa shape index (κ2) is 7.56. The molecular formula is C19H24N2O3S. The molecule has 1 heterocycles. The minimum absolute atomic E-state index is 0.314. The third kappa shape index (κ3) is 4.21. The first-order chi connectivity index (χ1) is 12.0. The van der Waals surface area contributed by atoms with Crippen molar-refractivity contribution in [3.63, 3.8) is 0 Å². The molecule has 6 heteroatoms. The van der Waals surface area contributed by atoms with E-state index in [0.29, 0.717) is 29.7 Å². The molecule has 134 valence electrons. The van der Waals surface area contributed by atoms with Crippen molar-refractivity contribution in [3.8, 4) is 11.5 Å². The Morgan fingerprint density at radius 3 is 2.60 bits per heavy atom. The van der Waals surface area contributed by atoms with E-state index in [1.807, 2.05) is 38.2 Å². The van der Waals surface area contributed by atoms with E-state index < -0.39 is 10.0 Å². The van der Waals surface area contributed by atoms with Crippen LogP contribution in [0.3, 0.4) is 0 Å². The molecule has 0 spiro atoms. The molecule has 0 aromatic heterocycles. The van der Waals surface area contributed by atoms with Crippen molar-refractivity contribution in [1.82, 2.24) is 9.62 Å². The van der Waals surface area contributed by atoms with Gasteiger partial charge in [0.15, 0.2) is 0 Å². The van der Waals surface area contributed by atoms with Crippen LogP contribution in [0.1, 0.15) is 12.0 Å². The van der Waals surface area contributed by atoms with Gasteiger partial charge < -0.3 is 10.1 Å². The molecule has 25 heavy (non-hydrogen) atoms. The standard InChI is InChI=1S/C19H24N2O3S/c1-15-4-3-5-18(12-15)24-17-6-8-19(9-7-17)25(22,23)21-11-10-16(14-21)13-20-2/h3-9,12,16,20H,10-11,13-14H2,1-2H3. The lowest BCUT2D eigenvalue weighted by Crippen LogP contribution is -2.30. The number of rotatable bonds is 6. The van der Waals surface area contributed by atoms with Crippen LogP contribution in [-0.2, 0) is 10.0 Å². The second-order valence-electron chi connectivity index (χ2n) is 6.47. The first kappa shape index (κ1) is 17.9. The van der Waals surface area contributed by atoms with E-state index in [9.17, 15) is 8.42 Å². The summed E-state index contributed by atoms with van der Waals surface area (Å²) in [6.07, 6.45) is 0.897. The summed E-state index contributed by atoms with van der Waals surface area (Å²) in [6, 6.07) is 14.4. The molecule has 0 radical (unpaired) electrons. The number of ether oxygens (including phenoxy) is 1. The molecule has 1 atom stereocenters. The van der Waals surface area contributed by atoms with Gasteiger partial charge in [-0.25, -0.2) is 8.42 Å². The Morgan fingerprint density at radius 2 is 1.92 bits per heavy atom. The van der Waals surface area contributed by atoms with Gasteiger partial charge in [-0.05, 0) is 74.8 Å². The molecule has 1 saturated heterocycles. The van der Waals surface area contributed by atoms with E-state index >= 15 is 0 Å². The zero-order valence-electron chi connectivity index (χ0n) is 14.6. The lowest BCUT2D eigenvalue weighted by molar-refractivity contribution is 0.451. The van der Waals surface area contributed by atoms with E-state index in [0.717, 1.165) is 24.3 Å². The Bertz CT molecular complexity index is 819. The summed E-state index contributed by atoms with van der Waals surface area (Å²) in [6.45, 7) is 4.00. The fourth-order valence-corrected chi connectivity index (χ4v) is 4.65. The minimum Gasteiger partial charge on any atom is -0.457 e. The molecule has 5 nitrogen and oxygen atoms in total. The van der Waals surface area contributed by atoms with Crippen LogP contribution < -0.4 is 10.1 Å². The Morgan fingerprint density at radius 1 is 1.16 bits per heavy atom. The van der Waals surface area contributed by atoms with Gasteiger partial charge in [0.25, 0.3) is 0 Å². The summed E-state index contributed by atoms with van der Waals surface area (Å²) >= 11 is 0. The van der Waals surface area contributed by atoms with Gasteiger partial charge in [-0.15, -0.1) is 0 Å². The van der Waals surface area contributed by atoms with Crippen molar-refractivity contribution in [2.24, 2.45) is 5.92 Å². The van der Waals surface area contributed by atoms with Gasteiger partial charge in [-0.2, -0.15) is 4.31 Å². The molecule has 0 saturated carbocycles. The highest BCUT2D eigenvalue weighted by atomic mass is 32.2. The van der Waals surface area contributed by atoms with Crippen LogP contribution in [0, 0.1) is 12.8 Å². The molecule has 1 aliphatic rings. The summed E-state index contributed by atoms with van der Waals surface area (Å²) in [4.78, 5) is 0.314. The molecule has 2 aromatic rings. The number of benzene rings is 2. The summed E-state index contributed by atoms with van der Waals surface area (Å²) in [5, 5.41) is 3.12. The van der Waals surface area contributed by atoms with Crippen molar-refractivity contribution in [1.29, 1.82) is 0 Å². The third-order valence-corrected chi connectivity index (χ3v) is 6.31. The molecule has 1 N–H and O–H groups in total. The van der Waals surface area contributed by atoms with Gasteiger partial charge in [-0.1, -0.05) is 12.1 Å². The lowest BCUT2D eigenvalue weighted by Gasteiger charge is -2.17. The summed E-state index contributed by atoms with van der Waals surface area (Å²) in [7, 11) is -1.54. The first-order valence-corrected chi connectivity index (χ1v) is 9.92. The Hall–Kier alpha value is -1.89. The van der Waals surface area contributed by atoms with Crippen molar-refractivity contribution in [2.45, 2.75) is 18.2 Å². The fraction of sp³-hybridized carbons (Fsp3) is 0.368. The summed E-state index contributed by atoms with van der Waals surface area (Å²) in [5.41, 5.74) is 1.11. The molecule has 0 amide bonds. The van der Waals surface area contributed by atoms with Crippen molar-refractivity contribution in [2.75, 3.05) is 26.7 Å². The highest BCUT2D eigenvalue weighted by Crippen LogP contribution is 2.27. The van der Waals surface area contributed by atoms with Crippen molar-refractivity contribution < 1.29 is 13.2 Å². The molecule has 0 bridgehead atoms. The zero-order chi connectivity index (χ0) is 17.9. The minimum atomic E-state index is -3.44. The van der Waals surface area contributed by atoms with Gasteiger partial charge in [0.05, 0.1) is 4.90 Å². The number of hydrogen-bond donors (Lipinski definition) is 1. The first-order valence-electron chi connectivity index (χ1n) is 8.48. The van der Waals surface area contributed by atoms with E-state index in [2.05, 4.69) is 5.32 Å². The van der Waals surface area contributed by atoms with E-state index in [1.165, 1.54) is 0 Å². The normalized spacial score (nSPS) is 18.4. The predicted octanol–water partition coefficient (Wildman–Crippen LogP) is 3.02. The molecule has 1 aliphatic heterocycles. The molecular weight excluding hydrogens is 336 g/mol. The molecule has 0 aliphatic carbocycles. The molecule has 1 fully saturated rings. The maximum atomic E-state index is 12.8. The van der Waals surface area contributed by atoms with Crippen LogP contribution in [-0.4, -0.2) is 39.4 Å². The van der Waals surface area contributed by atoms with E-state index in [4.69, 9.17) is 4.74 Å². The van der Waals surface area contributed by atoms with Crippen LogP contribution in [0.4, 0.5) is 0 Å². The summed E-state index contributed by atoms with van der Waals surface area (Å²) in [5.74, 6) is 1.74. The average Bonchev–Trinajstić information content (AvgIpc) is 3.05. The zero-order valence-corrected chi connectivity index (χ0v) is 15.4. The SMILES string of the molecule is CNCC1CCN(S(=O)(=O)c2ccc(Oc3cccc(C)c3)cc2)C1. The van der Waals surface area contributed by atoms with E-state index in [1.54, 1.807) is 28.6 Å². The van der Waals surface area contributed by atoms with Gasteiger partial charge in [0, 0.05) is 13.1 Å². The van der Waals surface area contributed by atoms with E-state index in [-0.39, 0.29) is 0 Å². The number of sulfonamides is 1. The third-order valence-electron chi connectivity index (χ3n) is 4.43. The Balaban J connectivity index is 1.71. The number of nitrogens with zero attached hydrogens (tertiary/aromatic N) is 1. The van der Waals surface area contributed by atoms with Gasteiger partial charge >= 0.3 is 0 Å². The summed E-state index contributed by atoms with van der Waals surface area (Å²) < 4.78 is 32.9. The van der Waals surface area contributed by atoms with Crippen LogP contribution >= 0.6 is 0 Å². The van der Waals surface area contributed by atoms with Crippen LogP contribution in [0.2, 0.25) is 0 Å². The molecule has 3 rings (SSSR count). The molecule has 1 unspecified atom stereocenters. The topological polar surface area (TPSA) is 58.6 Å². The monoisotopic (exact) mass is 360 g/mol. The van der Waals surface area contributed by atoms with Crippen molar-refractivity contribution >= 4 is 10.0 Å². The van der Waals surface area contributed by atoms with Gasteiger partial charge in [0.1, 0.15) is 11.5 Å². The fourth-order valence-electron chi connectivity index (χ4n) is 3.11. The largest absolute Gasteiger partial charge is 0.457 e. The number of hydrogen-bond acceptors (Lipinski definition) is 4. The van der Waals surface area contributed by atoms with Gasteiger partial charge in [0.2, 0.25) is 10.0 Å². The maximum Gasteiger partial charge on any atom is 0.243 e. The van der Waals surface area contributed by atoms with Crippen LogP contribution in [0.5, 0.6) is 11.5 Å². The average molecular weight is 360 g/mol. The second-order valence-corrected chi connectivity index (χ2v) is 8.40. The number of nitrogens with one attached hydrogen (secondary N) is 1. The van der Waals surface area contributed by atoms with Crippen molar-refractivity contribution in [3.05, 3.63) is 54.1 Å². The van der Waals surface area contributed by atoms with Gasteiger partial charge in [-0.3, -0.25) is 0 Å². The lowest BCUT2D eigenvalue weighted by atomic mass is 10.1. The smallest absolute Gasteiger partial charge is 0.243 e. The highest BCUT2D eigenvalue weighted by Gasteiger charge is 2.32. The molecule has 2 aromatic carbocycles. The highest BCUT2D eigenvalue weighted by molar-refractivity contribution is 7.89.